The Morgan fingerprint density at radius 1 is 1.05 bits per heavy atom. The Balaban J connectivity index is 2.13. The fraction of sp³-hybridized carbons (Fsp3) is 0.188. The molecule has 3 N–H and O–H groups in total. The van der Waals surface area contributed by atoms with Gasteiger partial charge in [0.1, 0.15) is 0 Å². The van der Waals surface area contributed by atoms with Crippen LogP contribution in [0.1, 0.15) is 24.5 Å². The summed E-state index contributed by atoms with van der Waals surface area (Å²) in [5, 5.41) is 3.50. The standard InChI is InChI=1S/C16H15N3/c17-19-15-9-14(11-5-6-11)18-16-12-4-2-1-3-10(12)7-8-13(15)16/h1-4,7-9,11H,5-6,17H2,(H,18,19). The molecular formula is C16H15N3. The van der Waals surface area contributed by atoms with Crippen molar-refractivity contribution >= 4 is 27.4 Å². The van der Waals surface area contributed by atoms with Crippen LogP contribution in [0.3, 0.4) is 0 Å². The molecule has 1 fully saturated rings. The SMILES string of the molecule is NNc1cc(C2CC2)nc2c1ccc1ccccc12. The molecule has 19 heavy (non-hydrogen) atoms. The van der Waals surface area contributed by atoms with Crippen LogP contribution in [0.2, 0.25) is 0 Å². The van der Waals surface area contributed by atoms with Crippen molar-refractivity contribution in [1.29, 1.82) is 0 Å². The summed E-state index contributed by atoms with van der Waals surface area (Å²) in [5.74, 6) is 6.29. The second-order valence-corrected chi connectivity index (χ2v) is 5.20. The van der Waals surface area contributed by atoms with E-state index >= 15 is 0 Å². The number of hydrazine groups is 1. The molecule has 2 aromatic carbocycles. The third kappa shape index (κ3) is 1.66. The number of benzene rings is 2. The van der Waals surface area contributed by atoms with Crippen LogP contribution >= 0.6 is 0 Å². The zero-order valence-corrected chi connectivity index (χ0v) is 10.6. The van der Waals surface area contributed by atoms with E-state index in [4.69, 9.17) is 10.8 Å². The molecule has 0 spiro atoms. The van der Waals surface area contributed by atoms with Crippen LogP contribution in [0.15, 0.2) is 42.5 Å². The molecule has 3 nitrogen and oxygen atoms in total. The summed E-state index contributed by atoms with van der Waals surface area (Å²) in [5.41, 5.74) is 6.00. The predicted molar refractivity (Wildman–Crippen MR) is 79.0 cm³/mol. The van der Waals surface area contributed by atoms with E-state index in [0.717, 1.165) is 22.3 Å². The van der Waals surface area contributed by atoms with Crippen LogP contribution in [-0.2, 0) is 0 Å². The van der Waals surface area contributed by atoms with Gasteiger partial charge in [-0.25, -0.2) is 0 Å². The smallest absolute Gasteiger partial charge is 0.0805 e. The number of nitrogens with zero attached hydrogens (tertiary/aromatic N) is 1. The van der Waals surface area contributed by atoms with Crippen molar-refractivity contribution in [2.24, 2.45) is 5.84 Å². The molecule has 0 amide bonds. The van der Waals surface area contributed by atoms with Gasteiger partial charge in [-0.05, 0) is 24.3 Å². The average molecular weight is 249 g/mol. The highest BCUT2D eigenvalue weighted by Gasteiger charge is 2.26. The lowest BCUT2D eigenvalue weighted by atomic mass is 10.0. The zero-order chi connectivity index (χ0) is 12.8. The van der Waals surface area contributed by atoms with E-state index in [1.807, 2.05) is 0 Å². The average Bonchev–Trinajstić information content (AvgIpc) is 3.30. The van der Waals surface area contributed by atoms with Gasteiger partial charge in [-0.15, -0.1) is 0 Å². The van der Waals surface area contributed by atoms with E-state index in [1.165, 1.54) is 23.6 Å². The van der Waals surface area contributed by atoms with Gasteiger partial charge >= 0.3 is 0 Å². The van der Waals surface area contributed by atoms with Crippen LogP contribution in [0.4, 0.5) is 5.69 Å². The van der Waals surface area contributed by atoms with Gasteiger partial charge in [-0.1, -0.05) is 36.4 Å². The second kappa shape index (κ2) is 3.93. The number of pyridine rings is 1. The number of anilines is 1. The minimum absolute atomic E-state index is 0.621. The van der Waals surface area contributed by atoms with Crippen LogP contribution in [-0.4, -0.2) is 4.98 Å². The largest absolute Gasteiger partial charge is 0.323 e. The maximum absolute atomic E-state index is 5.67. The molecular weight excluding hydrogens is 234 g/mol. The Labute approximate surface area is 111 Å². The molecule has 4 rings (SSSR count). The molecule has 0 radical (unpaired) electrons. The van der Waals surface area contributed by atoms with Gasteiger partial charge in [0.2, 0.25) is 0 Å². The topological polar surface area (TPSA) is 50.9 Å². The molecule has 1 aliphatic rings. The van der Waals surface area contributed by atoms with Crippen LogP contribution < -0.4 is 11.3 Å². The molecule has 1 aromatic heterocycles. The minimum Gasteiger partial charge on any atom is -0.323 e. The normalized spacial score (nSPS) is 15.0. The van der Waals surface area contributed by atoms with Crippen LogP contribution in [0.25, 0.3) is 21.7 Å². The van der Waals surface area contributed by atoms with Crippen molar-refractivity contribution < 1.29 is 0 Å². The van der Waals surface area contributed by atoms with E-state index in [0.29, 0.717) is 5.92 Å². The van der Waals surface area contributed by atoms with E-state index in [-0.39, 0.29) is 0 Å². The minimum atomic E-state index is 0.621. The second-order valence-electron chi connectivity index (χ2n) is 5.20. The lowest BCUT2D eigenvalue weighted by molar-refractivity contribution is 1.04. The number of rotatable bonds is 2. The molecule has 0 unspecified atom stereocenters. The first kappa shape index (κ1) is 10.8. The summed E-state index contributed by atoms with van der Waals surface area (Å²) in [6, 6.07) is 14.7. The monoisotopic (exact) mass is 249 g/mol. The number of nitrogen functional groups attached to an aromatic ring is 1. The number of nitrogens with two attached hydrogens (primary N) is 1. The van der Waals surface area contributed by atoms with Gasteiger partial charge in [0.15, 0.2) is 0 Å². The van der Waals surface area contributed by atoms with E-state index < -0.39 is 0 Å². The Bertz CT molecular complexity index is 775. The summed E-state index contributed by atoms with van der Waals surface area (Å²) >= 11 is 0. The van der Waals surface area contributed by atoms with Gasteiger partial charge in [0, 0.05) is 22.4 Å². The van der Waals surface area contributed by atoms with Crippen molar-refractivity contribution in [3.05, 3.63) is 48.2 Å². The van der Waals surface area contributed by atoms with Gasteiger partial charge in [-0.3, -0.25) is 10.8 Å². The molecule has 94 valence electrons. The third-order valence-corrected chi connectivity index (χ3v) is 3.88. The van der Waals surface area contributed by atoms with Crippen molar-refractivity contribution in [1.82, 2.24) is 4.98 Å². The lowest BCUT2D eigenvalue weighted by Crippen LogP contribution is -2.08. The Morgan fingerprint density at radius 3 is 2.68 bits per heavy atom. The van der Waals surface area contributed by atoms with Crippen LogP contribution in [0.5, 0.6) is 0 Å². The highest BCUT2D eigenvalue weighted by molar-refractivity contribution is 6.09. The third-order valence-electron chi connectivity index (χ3n) is 3.88. The first-order valence-corrected chi connectivity index (χ1v) is 6.66. The van der Waals surface area contributed by atoms with Gasteiger partial charge in [-0.2, -0.15) is 0 Å². The van der Waals surface area contributed by atoms with Gasteiger partial charge in [0.05, 0.1) is 11.2 Å². The highest BCUT2D eigenvalue weighted by atomic mass is 15.2. The molecule has 1 heterocycles. The Kier molecular flexibility index (Phi) is 2.23. The van der Waals surface area contributed by atoms with Gasteiger partial charge < -0.3 is 5.43 Å². The lowest BCUT2D eigenvalue weighted by Gasteiger charge is -2.10. The molecule has 3 aromatic rings. The number of nitrogens with one attached hydrogen (secondary N) is 1. The number of hydrogen-bond donors (Lipinski definition) is 2. The first-order valence-electron chi connectivity index (χ1n) is 6.66. The Morgan fingerprint density at radius 2 is 1.89 bits per heavy atom. The van der Waals surface area contributed by atoms with E-state index in [1.54, 1.807) is 0 Å². The summed E-state index contributed by atoms with van der Waals surface area (Å²) in [4.78, 5) is 4.88. The van der Waals surface area contributed by atoms with Crippen molar-refractivity contribution in [3.63, 3.8) is 0 Å². The number of hydrogen-bond acceptors (Lipinski definition) is 3. The molecule has 0 saturated heterocycles. The number of aromatic nitrogens is 1. The first-order chi connectivity index (χ1) is 9.36. The highest BCUT2D eigenvalue weighted by Crippen LogP contribution is 2.41. The molecule has 3 heteroatoms. The van der Waals surface area contributed by atoms with E-state index in [9.17, 15) is 0 Å². The molecule has 0 bridgehead atoms. The fourth-order valence-corrected chi connectivity index (χ4v) is 2.69. The quantitative estimate of drug-likeness (QED) is 0.415. The fourth-order valence-electron chi connectivity index (χ4n) is 2.69. The van der Waals surface area contributed by atoms with Crippen molar-refractivity contribution in [2.75, 3.05) is 5.43 Å². The summed E-state index contributed by atoms with van der Waals surface area (Å²) < 4.78 is 0. The molecule has 1 aliphatic carbocycles. The molecule has 0 atom stereocenters. The van der Waals surface area contributed by atoms with Crippen molar-refractivity contribution in [3.8, 4) is 0 Å². The predicted octanol–water partition coefficient (Wildman–Crippen LogP) is 3.55. The molecule has 0 aliphatic heterocycles. The van der Waals surface area contributed by atoms with Gasteiger partial charge in [0.25, 0.3) is 0 Å². The Hall–Kier alpha value is -2.13. The van der Waals surface area contributed by atoms with Crippen molar-refractivity contribution in [2.45, 2.75) is 18.8 Å². The summed E-state index contributed by atoms with van der Waals surface area (Å²) in [6.07, 6.45) is 2.49. The van der Waals surface area contributed by atoms with E-state index in [2.05, 4.69) is 47.9 Å². The summed E-state index contributed by atoms with van der Waals surface area (Å²) in [6.45, 7) is 0. The zero-order valence-electron chi connectivity index (χ0n) is 10.6. The number of fused-ring (bicyclic) bond motifs is 3. The maximum Gasteiger partial charge on any atom is 0.0805 e. The van der Waals surface area contributed by atoms with Crippen LogP contribution in [0, 0.1) is 0 Å². The maximum atomic E-state index is 5.67. The molecule has 1 saturated carbocycles. The summed E-state index contributed by atoms with van der Waals surface area (Å²) in [7, 11) is 0.